The Morgan fingerprint density at radius 1 is 1.22 bits per heavy atom. The summed E-state index contributed by atoms with van der Waals surface area (Å²) in [6.07, 6.45) is -2.66. The van der Waals surface area contributed by atoms with Crippen LogP contribution in [0.3, 0.4) is 0 Å². The van der Waals surface area contributed by atoms with Gasteiger partial charge in [-0.3, -0.25) is 0 Å². The Bertz CT molecular complexity index is 415. The van der Waals surface area contributed by atoms with Crippen molar-refractivity contribution in [3.63, 3.8) is 0 Å². The highest BCUT2D eigenvalue weighted by atomic mass is 19.4. The highest BCUT2D eigenvalue weighted by molar-refractivity contribution is 5.33. The van der Waals surface area contributed by atoms with Gasteiger partial charge in [-0.1, -0.05) is 24.6 Å². The van der Waals surface area contributed by atoms with Gasteiger partial charge in [0.2, 0.25) is 0 Å². The Hall–Kier alpha value is -1.07. The maximum Gasteiger partial charge on any atom is 0.416 e. The monoisotopic (exact) mass is 259 g/mol. The molecule has 0 amide bonds. The first kappa shape index (κ1) is 13.4. The van der Waals surface area contributed by atoms with Gasteiger partial charge in [-0.05, 0) is 30.4 Å². The van der Waals surface area contributed by atoms with Gasteiger partial charge in [0, 0.05) is 0 Å². The van der Waals surface area contributed by atoms with Gasteiger partial charge in [-0.15, -0.1) is 0 Å². The molecule has 0 spiro atoms. The molecule has 3 N–H and O–H groups in total. The molecule has 0 aliphatic heterocycles. The van der Waals surface area contributed by atoms with Crippen molar-refractivity contribution < 1.29 is 18.3 Å². The topological polar surface area (TPSA) is 46.2 Å². The standard InChI is InChI=1S/C13H16F3NO/c14-13(15,16)10-7-2-1-6-9(10)11(17)12(18)8-4-3-5-8/h1-2,6-8,11-12,18H,3-5,17H2/t11-,12+/m1/s1. The summed E-state index contributed by atoms with van der Waals surface area (Å²) in [7, 11) is 0. The van der Waals surface area contributed by atoms with E-state index in [2.05, 4.69) is 0 Å². The fourth-order valence-electron chi connectivity index (χ4n) is 2.30. The Morgan fingerprint density at radius 2 is 1.83 bits per heavy atom. The molecule has 1 aliphatic carbocycles. The summed E-state index contributed by atoms with van der Waals surface area (Å²) in [5.41, 5.74) is 5.02. The fraction of sp³-hybridized carbons (Fsp3) is 0.538. The first-order chi connectivity index (χ1) is 8.41. The first-order valence-corrected chi connectivity index (χ1v) is 6.01. The Balaban J connectivity index is 2.26. The van der Waals surface area contributed by atoms with E-state index >= 15 is 0 Å². The van der Waals surface area contributed by atoms with Gasteiger partial charge in [0.25, 0.3) is 0 Å². The molecule has 2 atom stereocenters. The number of aliphatic hydroxyl groups is 1. The number of nitrogens with two attached hydrogens (primary N) is 1. The molecule has 2 rings (SSSR count). The number of rotatable bonds is 3. The minimum atomic E-state index is -4.44. The molecule has 0 unspecified atom stereocenters. The van der Waals surface area contributed by atoms with Crippen molar-refractivity contribution in [2.24, 2.45) is 11.7 Å². The molecule has 1 aliphatic rings. The fourth-order valence-corrected chi connectivity index (χ4v) is 2.30. The van der Waals surface area contributed by atoms with E-state index in [1.165, 1.54) is 18.2 Å². The molecule has 5 heteroatoms. The molecule has 0 bridgehead atoms. The van der Waals surface area contributed by atoms with Gasteiger partial charge in [-0.25, -0.2) is 0 Å². The largest absolute Gasteiger partial charge is 0.416 e. The predicted molar refractivity (Wildman–Crippen MR) is 61.7 cm³/mol. The number of halogens is 3. The van der Waals surface area contributed by atoms with E-state index in [1.807, 2.05) is 0 Å². The molecule has 1 fully saturated rings. The number of alkyl halides is 3. The highest BCUT2D eigenvalue weighted by Gasteiger charge is 2.38. The summed E-state index contributed by atoms with van der Waals surface area (Å²) in [5, 5.41) is 9.99. The summed E-state index contributed by atoms with van der Waals surface area (Å²) < 4.78 is 38.5. The van der Waals surface area contributed by atoms with Crippen molar-refractivity contribution >= 4 is 0 Å². The maximum atomic E-state index is 12.8. The second-order valence-electron chi connectivity index (χ2n) is 4.79. The second-order valence-corrected chi connectivity index (χ2v) is 4.79. The molecule has 1 aromatic carbocycles. The third-order valence-corrected chi connectivity index (χ3v) is 3.63. The van der Waals surface area contributed by atoms with Crippen LogP contribution < -0.4 is 5.73 Å². The normalized spacial score (nSPS) is 20.3. The van der Waals surface area contributed by atoms with Crippen LogP contribution in [-0.2, 0) is 6.18 Å². The number of benzene rings is 1. The van der Waals surface area contributed by atoms with Crippen molar-refractivity contribution in [2.75, 3.05) is 0 Å². The quantitative estimate of drug-likeness (QED) is 0.876. The number of aliphatic hydroxyl groups excluding tert-OH is 1. The third kappa shape index (κ3) is 2.52. The Kier molecular flexibility index (Phi) is 3.64. The smallest absolute Gasteiger partial charge is 0.391 e. The Morgan fingerprint density at radius 3 is 2.33 bits per heavy atom. The van der Waals surface area contributed by atoms with E-state index < -0.39 is 23.9 Å². The van der Waals surface area contributed by atoms with Crippen LogP contribution in [0.1, 0.15) is 36.4 Å². The summed E-state index contributed by atoms with van der Waals surface area (Å²) in [6.45, 7) is 0. The van der Waals surface area contributed by atoms with Crippen LogP contribution in [0.25, 0.3) is 0 Å². The summed E-state index contributed by atoms with van der Waals surface area (Å²) in [6, 6.07) is 4.21. The number of hydrogen-bond donors (Lipinski definition) is 2. The lowest BCUT2D eigenvalue weighted by Gasteiger charge is -2.34. The molecule has 0 radical (unpaired) electrons. The molecule has 100 valence electrons. The average Bonchev–Trinajstić information content (AvgIpc) is 2.24. The van der Waals surface area contributed by atoms with Crippen LogP contribution in [0.5, 0.6) is 0 Å². The van der Waals surface area contributed by atoms with E-state index in [4.69, 9.17) is 5.73 Å². The SMILES string of the molecule is N[C@H](c1ccccc1C(F)(F)F)[C@@H](O)C1CCC1. The summed E-state index contributed by atoms with van der Waals surface area (Å²) in [4.78, 5) is 0. The van der Waals surface area contributed by atoms with Gasteiger partial charge in [0.15, 0.2) is 0 Å². The zero-order chi connectivity index (χ0) is 13.3. The lowest BCUT2D eigenvalue weighted by Crippen LogP contribution is -2.37. The lowest BCUT2D eigenvalue weighted by molar-refractivity contribution is -0.138. The molecule has 1 saturated carbocycles. The molecular formula is C13H16F3NO. The van der Waals surface area contributed by atoms with Crippen molar-refractivity contribution in [1.82, 2.24) is 0 Å². The van der Waals surface area contributed by atoms with Gasteiger partial charge in [0.1, 0.15) is 0 Å². The van der Waals surface area contributed by atoms with Gasteiger partial charge >= 0.3 is 6.18 Å². The van der Waals surface area contributed by atoms with Crippen LogP contribution in [0.2, 0.25) is 0 Å². The molecule has 0 aromatic heterocycles. The zero-order valence-corrected chi connectivity index (χ0v) is 9.82. The van der Waals surface area contributed by atoms with Gasteiger partial charge < -0.3 is 10.8 Å². The third-order valence-electron chi connectivity index (χ3n) is 3.63. The first-order valence-electron chi connectivity index (χ1n) is 6.01. The van der Waals surface area contributed by atoms with Crippen molar-refractivity contribution in [2.45, 2.75) is 37.6 Å². The van der Waals surface area contributed by atoms with E-state index in [9.17, 15) is 18.3 Å². The lowest BCUT2D eigenvalue weighted by atomic mass is 9.77. The average molecular weight is 259 g/mol. The van der Waals surface area contributed by atoms with Crippen molar-refractivity contribution in [1.29, 1.82) is 0 Å². The second kappa shape index (κ2) is 4.90. The van der Waals surface area contributed by atoms with E-state index in [1.54, 1.807) is 0 Å². The van der Waals surface area contributed by atoms with Crippen LogP contribution in [-0.4, -0.2) is 11.2 Å². The minimum Gasteiger partial charge on any atom is -0.391 e. The molecule has 18 heavy (non-hydrogen) atoms. The van der Waals surface area contributed by atoms with Gasteiger partial charge in [0.05, 0.1) is 17.7 Å². The minimum absolute atomic E-state index is 0.0237. The molecule has 2 nitrogen and oxygen atoms in total. The van der Waals surface area contributed by atoms with Crippen LogP contribution in [0.4, 0.5) is 13.2 Å². The maximum absolute atomic E-state index is 12.8. The summed E-state index contributed by atoms with van der Waals surface area (Å²) in [5.74, 6) is 0.0290. The van der Waals surface area contributed by atoms with E-state index in [-0.39, 0.29) is 11.5 Å². The molecular weight excluding hydrogens is 243 g/mol. The predicted octanol–water partition coefficient (Wildman–Crippen LogP) is 2.87. The zero-order valence-electron chi connectivity index (χ0n) is 9.82. The van der Waals surface area contributed by atoms with E-state index in [0.717, 1.165) is 25.3 Å². The van der Waals surface area contributed by atoms with Crippen molar-refractivity contribution in [3.05, 3.63) is 35.4 Å². The highest BCUT2D eigenvalue weighted by Crippen LogP contribution is 2.38. The van der Waals surface area contributed by atoms with Gasteiger partial charge in [-0.2, -0.15) is 13.2 Å². The molecule has 1 aromatic rings. The van der Waals surface area contributed by atoms with Crippen LogP contribution in [0.15, 0.2) is 24.3 Å². The van der Waals surface area contributed by atoms with Crippen LogP contribution in [0, 0.1) is 5.92 Å². The molecule has 0 heterocycles. The summed E-state index contributed by atoms with van der Waals surface area (Å²) >= 11 is 0. The Labute approximate surface area is 104 Å². The number of hydrogen-bond acceptors (Lipinski definition) is 2. The molecule has 0 saturated heterocycles. The van der Waals surface area contributed by atoms with Crippen molar-refractivity contribution in [3.8, 4) is 0 Å². The van der Waals surface area contributed by atoms with Crippen LogP contribution >= 0.6 is 0 Å². The van der Waals surface area contributed by atoms with E-state index in [0.29, 0.717) is 0 Å².